The van der Waals surface area contributed by atoms with Crippen LogP contribution < -0.4 is 0 Å². The van der Waals surface area contributed by atoms with Gasteiger partial charge in [0.05, 0.1) is 5.60 Å². The van der Waals surface area contributed by atoms with Gasteiger partial charge in [-0.15, -0.1) is 0 Å². The Labute approximate surface area is 102 Å². The fourth-order valence-corrected chi connectivity index (χ4v) is 2.35. The highest BCUT2D eigenvalue weighted by molar-refractivity contribution is 5.25. The number of hydrogen-bond donors (Lipinski definition) is 1. The molecule has 1 aliphatic rings. The van der Waals surface area contributed by atoms with Crippen LogP contribution in [-0.2, 0) is 6.54 Å². The van der Waals surface area contributed by atoms with Crippen LogP contribution >= 0.6 is 0 Å². The van der Waals surface area contributed by atoms with Gasteiger partial charge in [0.15, 0.2) is 0 Å². The molecule has 0 aromatic carbocycles. The highest BCUT2D eigenvalue weighted by atomic mass is 16.3. The maximum atomic E-state index is 10.0. The minimum atomic E-state index is -0.580. The maximum absolute atomic E-state index is 10.0. The zero-order valence-electron chi connectivity index (χ0n) is 10.1. The van der Waals surface area contributed by atoms with Crippen molar-refractivity contribution in [2.45, 2.75) is 31.9 Å². The molecule has 1 unspecified atom stereocenters. The number of rotatable bonds is 2. The summed E-state index contributed by atoms with van der Waals surface area (Å²) in [6, 6.07) is 5.77. The molecule has 1 N–H and O–H groups in total. The van der Waals surface area contributed by atoms with E-state index in [-0.39, 0.29) is 0 Å². The van der Waals surface area contributed by atoms with Crippen molar-refractivity contribution < 1.29 is 5.11 Å². The van der Waals surface area contributed by atoms with E-state index >= 15 is 0 Å². The number of aliphatic hydroxyl groups is 1. The van der Waals surface area contributed by atoms with Gasteiger partial charge in [-0.25, -0.2) is 4.98 Å². The van der Waals surface area contributed by atoms with Gasteiger partial charge >= 0.3 is 0 Å². The van der Waals surface area contributed by atoms with E-state index in [4.69, 9.17) is 5.26 Å². The van der Waals surface area contributed by atoms with Gasteiger partial charge in [-0.1, -0.05) is 0 Å². The number of pyridine rings is 1. The van der Waals surface area contributed by atoms with E-state index in [0.29, 0.717) is 12.2 Å². The third kappa shape index (κ3) is 3.26. The van der Waals surface area contributed by atoms with Crippen LogP contribution in [0.2, 0.25) is 0 Å². The van der Waals surface area contributed by atoms with E-state index in [1.165, 1.54) is 0 Å². The summed E-state index contributed by atoms with van der Waals surface area (Å²) in [6.07, 6.45) is 3.54. The molecule has 0 aliphatic carbocycles. The third-order valence-electron chi connectivity index (χ3n) is 3.10. The summed E-state index contributed by atoms with van der Waals surface area (Å²) in [6.45, 7) is 4.34. The lowest BCUT2D eigenvalue weighted by atomic mass is 9.95. The standard InChI is InChI=1S/C13H17N3O/c1-13(17)4-2-6-16(10-13)9-11-3-5-15-12(7-11)8-14/h3,5,7,17H,2,4,6,9-10H2,1H3. The van der Waals surface area contributed by atoms with Crippen LogP contribution in [0.1, 0.15) is 31.0 Å². The SMILES string of the molecule is CC1(O)CCCN(Cc2ccnc(C#N)c2)C1. The van der Waals surface area contributed by atoms with Crippen molar-refractivity contribution in [2.24, 2.45) is 0 Å². The summed E-state index contributed by atoms with van der Waals surface area (Å²) in [5.41, 5.74) is 0.948. The fraction of sp³-hybridized carbons (Fsp3) is 0.538. The predicted molar refractivity (Wildman–Crippen MR) is 64.1 cm³/mol. The van der Waals surface area contributed by atoms with Crippen molar-refractivity contribution in [2.75, 3.05) is 13.1 Å². The van der Waals surface area contributed by atoms with Crippen LogP contribution in [0.15, 0.2) is 18.3 Å². The Kier molecular flexibility index (Phi) is 3.41. The molecule has 4 nitrogen and oxygen atoms in total. The number of nitrogens with zero attached hydrogens (tertiary/aromatic N) is 3. The summed E-state index contributed by atoms with van der Waals surface area (Å²) < 4.78 is 0. The number of nitriles is 1. The van der Waals surface area contributed by atoms with E-state index in [9.17, 15) is 5.11 Å². The highest BCUT2D eigenvalue weighted by Gasteiger charge is 2.28. The Balaban J connectivity index is 2.03. The zero-order chi connectivity index (χ0) is 12.3. The molecule has 1 aliphatic heterocycles. The van der Waals surface area contributed by atoms with Crippen LogP contribution in [0.4, 0.5) is 0 Å². The molecule has 0 saturated carbocycles. The van der Waals surface area contributed by atoms with Crippen LogP contribution in [0.3, 0.4) is 0 Å². The summed E-state index contributed by atoms with van der Waals surface area (Å²) in [5, 5.41) is 18.8. The molecule has 0 amide bonds. The van der Waals surface area contributed by atoms with Crippen molar-refractivity contribution in [3.63, 3.8) is 0 Å². The molecule has 0 spiro atoms. The summed E-state index contributed by atoms with van der Waals surface area (Å²) in [4.78, 5) is 6.17. The molecule has 1 atom stereocenters. The monoisotopic (exact) mass is 231 g/mol. The Morgan fingerprint density at radius 1 is 1.65 bits per heavy atom. The van der Waals surface area contributed by atoms with Crippen molar-refractivity contribution in [1.29, 1.82) is 5.26 Å². The maximum Gasteiger partial charge on any atom is 0.140 e. The quantitative estimate of drug-likeness (QED) is 0.833. The first-order valence-corrected chi connectivity index (χ1v) is 5.89. The second-order valence-corrected chi connectivity index (χ2v) is 4.97. The molecule has 1 aromatic heterocycles. The van der Waals surface area contributed by atoms with Crippen molar-refractivity contribution >= 4 is 0 Å². The Hall–Kier alpha value is -1.44. The summed E-state index contributed by atoms with van der Waals surface area (Å²) in [7, 11) is 0. The second-order valence-electron chi connectivity index (χ2n) is 4.97. The lowest BCUT2D eigenvalue weighted by Gasteiger charge is -2.36. The van der Waals surface area contributed by atoms with Crippen molar-refractivity contribution in [1.82, 2.24) is 9.88 Å². The molecule has 0 radical (unpaired) electrons. The van der Waals surface area contributed by atoms with Crippen LogP contribution in [0.5, 0.6) is 0 Å². The Bertz CT molecular complexity index is 437. The predicted octanol–water partition coefficient (Wildman–Crippen LogP) is 1.30. The molecular weight excluding hydrogens is 214 g/mol. The fourth-order valence-electron chi connectivity index (χ4n) is 2.35. The van der Waals surface area contributed by atoms with E-state index in [0.717, 1.165) is 31.5 Å². The molecule has 2 heterocycles. The molecule has 4 heteroatoms. The van der Waals surface area contributed by atoms with Gasteiger partial charge in [-0.2, -0.15) is 5.26 Å². The molecule has 90 valence electrons. The number of β-amino-alcohol motifs (C(OH)–C–C–N with tert-alkyl or cyclic N) is 1. The van der Waals surface area contributed by atoms with Crippen LogP contribution in [0.25, 0.3) is 0 Å². The lowest BCUT2D eigenvalue weighted by Crippen LogP contribution is -2.45. The molecular formula is C13H17N3O. The first kappa shape index (κ1) is 12.0. The third-order valence-corrected chi connectivity index (χ3v) is 3.10. The zero-order valence-corrected chi connectivity index (χ0v) is 10.1. The minimum absolute atomic E-state index is 0.450. The van der Waals surface area contributed by atoms with Gasteiger partial charge in [0, 0.05) is 19.3 Å². The topological polar surface area (TPSA) is 60.1 Å². The molecule has 0 bridgehead atoms. The van der Waals surface area contributed by atoms with E-state index in [1.54, 1.807) is 6.20 Å². The lowest BCUT2D eigenvalue weighted by molar-refractivity contribution is -0.0181. The van der Waals surface area contributed by atoms with Gasteiger partial charge in [0.25, 0.3) is 0 Å². The molecule has 1 aromatic rings. The van der Waals surface area contributed by atoms with Gasteiger partial charge in [-0.3, -0.25) is 4.90 Å². The molecule has 17 heavy (non-hydrogen) atoms. The van der Waals surface area contributed by atoms with Gasteiger partial charge in [0.1, 0.15) is 11.8 Å². The first-order chi connectivity index (χ1) is 8.09. The largest absolute Gasteiger partial charge is 0.389 e. The minimum Gasteiger partial charge on any atom is -0.389 e. The highest BCUT2D eigenvalue weighted by Crippen LogP contribution is 2.21. The second kappa shape index (κ2) is 4.82. The average Bonchev–Trinajstić information content (AvgIpc) is 2.28. The van der Waals surface area contributed by atoms with E-state index in [1.807, 2.05) is 25.1 Å². The van der Waals surface area contributed by atoms with Gasteiger partial charge in [-0.05, 0) is 44.0 Å². The summed E-state index contributed by atoms with van der Waals surface area (Å²) in [5.74, 6) is 0. The van der Waals surface area contributed by atoms with Gasteiger partial charge in [0.2, 0.25) is 0 Å². The molecule has 2 rings (SSSR count). The van der Waals surface area contributed by atoms with Crippen molar-refractivity contribution in [3.05, 3.63) is 29.6 Å². The Morgan fingerprint density at radius 2 is 2.47 bits per heavy atom. The average molecular weight is 231 g/mol. The first-order valence-electron chi connectivity index (χ1n) is 5.89. The number of aromatic nitrogens is 1. The Morgan fingerprint density at radius 3 is 3.18 bits per heavy atom. The van der Waals surface area contributed by atoms with Gasteiger partial charge < -0.3 is 5.11 Å². The number of piperidine rings is 1. The number of likely N-dealkylation sites (tertiary alicyclic amines) is 1. The normalized spacial score (nSPS) is 25.5. The number of hydrogen-bond acceptors (Lipinski definition) is 4. The van der Waals surface area contributed by atoms with Crippen LogP contribution in [0, 0.1) is 11.3 Å². The van der Waals surface area contributed by atoms with Crippen LogP contribution in [-0.4, -0.2) is 33.7 Å². The van der Waals surface area contributed by atoms with Crippen molar-refractivity contribution in [3.8, 4) is 6.07 Å². The van der Waals surface area contributed by atoms with E-state index < -0.39 is 5.60 Å². The smallest absolute Gasteiger partial charge is 0.140 e. The molecule has 1 fully saturated rings. The summed E-state index contributed by atoms with van der Waals surface area (Å²) >= 11 is 0. The molecule has 1 saturated heterocycles. The van der Waals surface area contributed by atoms with E-state index in [2.05, 4.69) is 9.88 Å².